The summed E-state index contributed by atoms with van der Waals surface area (Å²) in [5.41, 5.74) is 1.19. The molecular formula is C13H19Br2NO2. The molecule has 1 aromatic carbocycles. The summed E-state index contributed by atoms with van der Waals surface area (Å²) in [6, 6.07) is 4.48. The minimum absolute atomic E-state index is 0.333. The van der Waals surface area contributed by atoms with Gasteiger partial charge in [-0.25, -0.2) is 0 Å². The van der Waals surface area contributed by atoms with Crippen molar-refractivity contribution in [3.05, 3.63) is 26.6 Å². The molecule has 1 aromatic rings. The first-order chi connectivity index (χ1) is 8.58. The molecule has 0 radical (unpaired) electrons. The second-order valence-electron chi connectivity index (χ2n) is 4.06. The molecular weight excluding hydrogens is 362 g/mol. The van der Waals surface area contributed by atoms with Crippen molar-refractivity contribution in [2.45, 2.75) is 26.4 Å². The first-order valence-corrected chi connectivity index (χ1v) is 7.50. The molecule has 1 unspecified atom stereocenters. The average molecular weight is 381 g/mol. The molecule has 0 fully saturated rings. The molecule has 0 aliphatic rings. The molecule has 1 N–H and O–H groups in total. The first kappa shape index (κ1) is 16.0. The summed E-state index contributed by atoms with van der Waals surface area (Å²) in [5.74, 6) is 0.853. The normalized spacial score (nSPS) is 12.5. The summed E-state index contributed by atoms with van der Waals surface area (Å²) >= 11 is 7.06. The molecule has 0 bridgehead atoms. The zero-order valence-electron chi connectivity index (χ0n) is 10.9. The third kappa shape index (κ3) is 4.88. The van der Waals surface area contributed by atoms with Gasteiger partial charge in [-0.2, -0.15) is 0 Å². The molecule has 18 heavy (non-hydrogen) atoms. The van der Waals surface area contributed by atoms with Crippen LogP contribution in [-0.2, 0) is 11.3 Å². The highest BCUT2D eigenvalue weighted by molar-refractivity contribution is 9.11. The van der Waals surface area contributed by atoms with Crippen molar-refractivity contribution in [3.63, 3.8) is 0 Å². The van der Waals surface area contributed by atoms with Gasteiger partial charge in [-0.1, -0.05) is 0 Å². The Labute approximate surface area is 125 Å². The van der Waals surface area contributed by atoms with Crippen molar-refractivity contribution in [3.8, 4) is 5.75 Å². The van der Waals surface area contributed by atoms with Crippen LogP contribution in [-0.4, -0.2) is 26.4 Å². The van der Waals surface area contributed by atoms with Gasteiger partial charge in [0.15, 0.2) is 0 Å². The van der Waals surface area contributed by atoms with Crippen LogP contribution in [0.4, 0.5) is 0 Å². The van der Waals surface area contributed by atoms with E-state index in [4.69, 9.17) is 9.47 Å². The fraction of sp³-hybridized carbons (Fsp3) is 0.538. The Hall–Kier alpha value is -0.100. The molecule has 0 aromatic heterocycles. The maximum Gasteiger partial charge on any atom is 0.147 e. The molecule has 0 saturated heterocycles. The molecule has 1 rings (SSSR count). The SMILES string of the molecule is CCOc1c(Br)cc(CNC(C)COC)cc1Br. The molecule has 5 heteroatoms. The number of halogens is 2. The van der Waals surface area contributed by atoms with E-state index in [9.17, 15) is 0 Å². The molecule has 0 aliphatic carbocycles. The van der Waals surface area contributed by atoms with Crippen molar-refractivity contribution in [2.75, 3.05) is 20.3 Å². The van der Waals surface area contributed by atoms with Gasteiger partial charge in [-0.3, -0.25) is 0 Å². The van der Waals surface area contributed by atoms with E-state index in [-0.39, 0.29) is 0 Å². The van der Waals surface area contributed by atoms with Crippen LogP contribution in [0.25, 0.3) is 0 Å². The van der Waals surface area contributed by atoms with Crippen LogP contribution < -0.4 is 10.1 Å². The highest BCUT2D eigenvalue weighted by atomic mass is 79.9. The zero-order valence-corrected chi connectivity index (χ0v) is 14.1. The average Bonchev–Trinajstić information content (AvgIpc) is 2.32. The number of benzene rings is 1. The number of ether oxygens (including phenoxy) is 2. The maximum atomic E-state index is 5.55. The van der Waals surface area contributed by atoms with Crippen LogP contribution in [0.5, 0.6) is 5.75 Å². The number of methoxy groups -OCH3 is 1. The topological polar surface area (TPSA) is 30.5 Å². The lowest BCUT2D eigenvalue weighted by Crippen LogP contribution is -2.29. The van der Waals surface area contributed by atoms with Gasteiger partial charge in [-0.15, -0.1) is 0 Å². The van der Waals surface area contributed by atoms with Crippen LogP contribution >= 0.6 is 31.9 Å². The monoisotopic (exact) mass is 379 g/mol. The lowest BCUT2D eigenvalue weighted by molar-refractivity contribution is 0.171. The van der Waals surface area contributed by atoms with Crippen LogP contribution in [0.15, 0.2) is 21.1 Å². The van der Waals surface area contributed by atoms with Gasteiger partial charge >= 0.3 is 0 Å². The lowest BCUT2D eigenvalue weighted by Gasteiger charge is -2.14. The summed E-state index contributed by atoms with van der Waals surface area (Å²) < 4.78 is 12.6. The number of rotatable bonds is 7. The quantitative estimate of drug-likeness (QED) is 0.781. The van der Waals surface area contributed by atoms with Crippen LogP contribution in [0.1, 0.15) is 19.4 Å². The van der Waals surface area contributed by atoms with Crippen LogP contribution in [0, 0.1) is 0 Å². The van der Waals surface area contributed by atoms with E-state index in [0.717, 1.165) is 21.2 Å². The number of nitrogens with one attached hydrogen (secondary N) is 1. The lowest BCUT2D eigenvalue weighted by atomic mass is 10.2. The summed E-state index contributed by atoms with van der Waals surface area (Å²) in [4.78, 5) is 0. The van der Waals surface area contributed by atoms with Crippen molar-refractivity contribution in [1.29, 1.82) is 0 Å². The number of hydrogen-bond acceptors (Lipinski definition) is 3. The molecule has 3 nitrogen and oxygen atoms in total. The fourth-order valence-electron chi connectivity index (χ4n) is 1.60. The Bertz CT molecular complexity index is 362. The van der Waals surface area contributed by atoms with Crippen molar-refractivity contribution < 1.29 is 9.47 Å². The Morgan fingerprint density at radius 2 is 1.89 bits per heavy atom. The van der Waals surface area contributed by atoms with Crippen LogP contribution in [0.2, 0.25) is 0 Å². The third-order valence-corrected chi connectivity index (χ3v) is 3.60. The van der Waals surface area contributed by atoms with E-state index in [2.05, 4.69) is 56.2 Å². The second-order valence-corrected chi connectivity index (χ2v) is 5.77. The largest absolute Gasteiger partial charge is 0.492 e. The van der Waals surface area contributed by atoms with E-state index >= 15 is 0 Å². The molecule has 1 atom stereocenters. The van der Waals surface area contributed by atoms with Crippen molar-refractivity contribution in [2.24, 2.45) is 0 Å². The Morgan fingerprint density at radius 3 is 2.39 bits per heavy atom. The van der Waals surface area contributed by atoms with Crippen LogP contribution in [0.3, 0.4) is 0 Å². The van der Waals surface area contributed by atoms with Gasteiger partial charge < -0.3 is 14.8 Å². The van der Waals surface area contributed by atoms with E-state index < -0.39 is 0 Å². The van der Waals surface area contributed by atoms with Gasteiger partial charge in [0.1, 0.15) is 5.75 Å². The second kappa shape index (κ2) is 8.15. The van der Waals surface area contributed by atoms with E-state index in [1.165, 1.54) is 5.56 Å². The standard InChI is InChI=1S/C13H19Br2NO2/c1-4-18-13-11(14)5-10(6-12(13)15)7-16-9(2)8-17-3/h5-6,9,16H,4,7-8H2,1-3H3. The molecule has 0 heterocycles. The van der Waals surface area contributed by atoms with Gasteiger partial charge in [-0.05, 0) is 63.4 Å². The molecule has 0 saturated carbocycles. The fourth-order valence-corrected chi connectivity index (χ4v) is 3.11. The number of hydrogen-bond donors (Lipinski definition) is 1. The van der Waals surface area contributed by atoms with E-state index in [0.29, 0.717) is 19.3 Å². The molecule has 102 valence electrons. The summed E-state index contributed by atoms with van der Waals surface area (Å²) in [5, 5.41) is 3.40. The van der Waals surface area contributed by atoms with Gasteiger partial charge in [0, 0.05) is 19.7 Å². The summed E-state index contributed by atoms with van der Waals surface area (Å²) in [7, 11) is 1.71. The predicted octanol–water partition coefficient (Wildman–Crippen LogP) is 3.73. The Kier molecular flexibility index (Phi) is 7.22. The van der Waals surface area contributed by atoms with Gasteiger partial charge in [0.25, 0.3) is 0 Å². The highest BCUT2D eigenvalue weighted by Gasteiger charge is 2.09. The van der Waals surface area contributed by atoms with Crippen molar-refractivity contribution >= 4 is 31.9 Å². The predicted molar refractivity (Wildman–Crippen MR) is 81.2 cm³/mol. The smallest absolute Gasteiger partial charge is 0.147 e. The zero-order chi connectivity index (χ0) is 13.5. The summed E-state index contributed by atoms with van der Waals surface area (Å²) in [6.45, 7) is 6.23. The van der Waals surface area contributed by atoms with E-state index in [1.807, 2.05) is 6.92 Å². The Balaban J connectivity index is 2.68. The molecule has 0 amide bonds. The van der Waals surface area contributed by atoms with E-state index in [1.54, 1.807) is 7.11 Å². The van der Waals surface area contributed by atoms with Gasteiger partial charge in [0.2, 0.25) is 0 Å². The highest BCUT2D eigenvalue weighted by Crippen LogP contribution is 2.34. The first-order valence-electron chi connectivity index (χ1n) is 5.91. The Morgan fingerprint density at radius 1 is 1.28 bits per heavy atom. The maximum absolute atomic E-state index is 5.55. The molecule has 0 spiro atoms. The minimum Gasteiger partial charge on any atom is -0.492 e. The molecule has 0 aliphatic heterocycles. The minimum atomic E-state index is 0.333. The van der Waals surface area contributed by atoms with Crippen molar-refractivity contribution in [1.82, 2.24) is 5.32 Å². The summed E-state index contributed by atoms with van der Waals surface area (Å²) in [6.07, 6.45) is 0. The van der Waals surface area contributed by atoms with Gasteiger partial charge in [0.05, 0.1) is 22.2 Å². The third-order valence-electron chi connectivity index (χ3n) is 2.42.